The van der Waals surface area contributed by atoms with Crippen molar-refractivity contribution in [3.63, 3.8) is 0 Å². The Hall–Kier alpha value is -1.36. The van der Waals surface area contributed by atoms with E-state index in [0.29, 0.717) is 5.02 Å². The Morgan fingerprint density at radius 1 is 1.32 bits per heavy atom. The summed E-state index contributed by atoms with van der Waals surface area (Å²) in [6.07, 6.45) is 1.98. The summed E-state index contributed by atoms with van der Waals surface area (Å²) in [5, 5.41) is 3.60. The Balaban J connectivity index is 1.60. The summed E-state index contributed by atoms with van der Waals surface area (Å²) in [4.78, 5) is 15.0. The molecule has 2 aromatic rings. The van der Waals surface area contributed by atoms with Gasteiger partial charge in [0.2, 0.25) is 5.91 Å². The van der Waals surface area contributed by atoms with Crippen LogP contribution in [0.1, 0.15) is 24.0 Å². The number of benzene rings is 2. The molecule has 1 unspecified atom stereocenters. The van der Waals surface area contributed by atoms with Crippen LogP contribution in [0.25, 0.3) is 0 Å². The van der Waals surface area contributed by atoms with Gasteiger partial charge >= 0.3 is 0 Å². The topological polar surface area (TPSA) is 32.3 Å². The summed E-state index contributed by atoms with van der Waals surface area (Å²) in [7, 11) is 0. The summed E-state index contributed by atoms with van der Waals surface area (Å²) in [6.45, 7) is 4.85. The molecule has 132 valence electrons. The molecule has 0 spiro atoms. The molecule has 1 atom stereocenters. The Morgan fingerprint density at radius 3 is 2.92 bits per heavy atom. The number of amides is 1. The average Bonchev–Trinajstić information content (AvgIpc) is 2.58. The molecule has 0 bridgehead atoms. The maximum atomic E-state index is 12.6. The summed E-state index contributed by atoms with van der Waals surface area (Å²) in [5.74, 6) is 0.0910. The molecule has 0 aromatic heterocycles. The number of rotatable bonds is 4. The number of carbonyl (C=O) groups excluding carboxylic acids is 1. The smallest absolute Gasteiger partial charge is 0.228 e. The van der Waals surface area contributed by atoms with Gasteiger partial charge in [-0.15, -0.1) is 0 Å². The fraction of sp³-hybridized carbons (Fsp3) is 0.350. The van der Waals surface area contributed by atoms with Gasteiger partial charge in [0, 0.05) is 23.2 Å². The van der Waals surface area contributed by atoms with Crippen LogP contribution >= 0.6 is 27.5 Å². The van der Waals surface area contributed by atoms with E-state index in [-0.39, 0.29) is 11.8 Å². The fourth-order valence-electron chi connectivity index (χ4n) is 3.30. The van der Waals surface area contributed by atoms with E-state index >= 15 is 0 Å². The predicted molar refractivity (Wildman–Crippen MR) is 107 cm³/mol. The second-order valence-corrected chi connectivity index (χ2v) is 7.94. The summed E-state index contributed by atoms with van der Waals surface area (Å²) in [6, 6.07) is 14.1. The fourth-order valence-corrected chi connectivity index (χ4v) is 3.73. The third-order valence-corrected chi connectivity index (χ3v) is 5.78. The van der Waals surface area contributed by atoms with Gasteiger partial charge in [0.25, 0.3) is 0 Å². The number of anilines is 1. The van der Waals surface area contributed by atoms with Gasteiger partial charge in [0.1, 0.15) is 0 Å². The van der Waals surface area contributed by atoms with Crippen molar-refractivity contribution in [3.8, 4) is 0 Å². The first-order valence-electron chi connectivity index (χ1n) is 8.55. The molecule has 3 rings (SSSR count). The molecule has 1 heterocycles. The Bertz CT molecular complexity index is 765. The molecule has 1 N–H and O–H groups in total. The van der Waals surface area contributed by atoms with Crippen LogP contribution in [0.15, 0.2) is 46.9 Å². The second-order valence-electron chi connectivity index (χ2n) is 6.68. The molecule has 1 aliphatic heterocycles. The summed E-state index contributed by atoms with van der Waals surface area (Å²) < 4.78 is 0.828. The lowest BCUT2D eigenvalue weighted by Gasteiger charge is -2.32. The highest BCUT2D eigenvalue weighted by atomic mass is 79.9. The Morgan fingerprint density at radius 2 is 2.16 bits per heavy atom. The van der Waals surface area contributed by atoms with E-state index in [0.717, 1.165) is 42.6 Å². The zero-order chi connectivity index (χ0) is 17.8. The standard InChI is InChI=1S/C20H22BrClN2O/c1-14-4-2-5-15(10-14)12-24-9-3-6-16(13-24)20(25)23-17-7-8-18(21)19(22)11-17/h2,4-5,7-8,10-11,16H,3,6,9,12-13H2,1H3,(H,23,25). The molecule has 0 saturated carbocycles. The molecule has 3 nitrogen and oxygen atoms in total. The molecule has 0 radical (unpaired) electrons. The van der Waals surface area contributed by atoms with Gasteiger partial charge in [-0.3, -0.25) is 9.69 Å². The van der Waals surface area contributed by atoms with E-state index in [1.54, 1.807) is 6.07 Å². The van der Waals surface area contributed by atoms with Gasteiger partial charge in [-0.25, -0.2) is 0 Å². The predicted octanol–water partition coefficient (Wildman–Crippen LogP) is 5.26. The zero-order valence-electron chi connectivity index (χ0n) is 14.3. The lowest BCUT2D eigenvalue weighted by molar-refractivity contribution is -0.121. The maximum absolute atomic E-state index is 12.6. The van der Waals surface area contributed by atoms with Crippen LogP contribution in [0.2, 0.25) is 5.02 Å². The average molecular weight is 422 g/mol. The van der Waals surface area contributed by atoms with Crippen molar-refractivity contribution in [1.82, 2.24) is 4.90 Å². The summed E-state index contributed by atoms with van der Waals surface area (Å²) in [5.41, 5.74) is 3.32. The van der Waals surface area contributed by atoms with E-state index in [2.05, 4.69) is 57.3 Å². The second kappa shape index (κ2) is 8.35. The molecule has 1 saturated heterocycles. The first kappa shape index (κ1) is 18.4. The zero-order valence-corrected chi connectivity index (χ0v) is 16.6. The molecule has 2 aromatic carbocycles. The molecule has 1 fully saturated rings. The van der Waals surface area contributed by atoms with Gasteiger partial charge in [-0.05, 0) is 66.0 Å². The Kier molecular flexibility index (Phi) is 6.15. The van der Waals surface area contributed by atoms with Gasteiger partial charge in [0.15, 0.2) is 0 Å². The van der Waals surface area contributed by atoms with Crippen molar-refractivity contribution < 1.29 is 4.79 Å². The lowest BCUT2D eigenvalue weighted by Crippen LogP contribution is -2.40. The number of hydrogen-bond acceptors (Lipinski definition) is 2. The van der Waals surface area contributed by atoms with Crippen LogP contribution in [0.5, 0.6) is 0 Å². The van der Waals surface area contributed by atoms with E-state index in [1.807, 2.05) is 12.1 Å². The minimum Gasteiger partial charge on any atom is -0.326 e. The van der Waals surface area contributed by atoms with Crippen molar-refractivity contribution in [2.24, 2.45) is 5.92 Å². The molecule has 25 heavy (non-hydrogen) atoms. The number of hydrogen-bond donors (Lipinski definition) is 1. The van der Waals surface area contributed by atoms with E-state index in [1.165, 1.54) is 11.1 Å². The minimum atomic E-state index is 0.0148. The van der Waals surface area contributed by atoms with E-state index in [4.69, 9.17) is 11.6 Å². The normalized spacial score (nSPS) is 18.1. The van der Waals surface area contributed by atoms with Gasteiger partial charge in [0.05, 0.1) is 10.9 Å². The van der Waals surface area contributed by atoms with E-state index < -0.39 is 0 Å². The quantitative estimate of drug-likeness (QED) is 0.730. The van der Waals surface area contributed by atoms with Crippen LogP contribution in [-0.2, 0) is 11.3 Å². The van der Waals surface area contributed by atoms with Crippen LogP contribution in [0.3, 0.4) is 0 Å². The van der Waals surface area contributed by atoms with Crippen LogP contribution in [0, 0.1) is 12.8 Å². The number of carbonyl (C=O) groups is 1. The van der Waals surface area contributed by atoms with Crippen molar-refractivity contribution in [2.75, 3.05) is 18.4 Å². The minimum absolute atomic E-state index is 0.0148. The highest BCUT2D eigenvalue weighted by molar-refractivity contribution is 9.10. The van der Waals surface area contributed by atoms with Crippen molar-refractivity contribution >= 4 is 39.1 Å². The third-order valence-electron chi connectivity index (χ3n) is 4.55. The number of nitrogens with one attached hydrogen (secondary N) is 1. The molecular formula is C20H22BrClN2O. The van der Waals surface area contributed by atoms with Crippen molar-refractivity contribution in [3.05, 3.63) is 63.1 Å². The monoisotopic (exact) mass is 420 g/mol. The largest absolute Gasteiger partial charge is 0.326 e. The van der Waals surface area contributed by atoms with E-state index in [9.17, 15) is 4.79 Å². The highest BCUT2D eigenvalue weighted by Gasteiger charge is 2.26. The maximum Gasteiger partial charge on any atom is 0.228 e. The van der Waals surface area contributed by atoms with Crippen LogP contribution < -0.4 is 5.32 Å². The summed E-state index contributed by atoms with van der Waals surface area (Å²) >= 11 is 9.47. The Labute approximate surface area is 162 Å². The SMILES string of the molecule is Cc1cccc(CN2CCCC(C(=O)Nc3ccc(Br)c(Cl)c3)C2)c1. The molecule has 1 aliphatic rings. The first-order chi connectivity index (χ1) is 12.0. The van der Waals surface area contributed by atoms with Gasteiger partial charge in [-0.1, -0.05) is 41.4 Å². The first-order valence-corrected chi connectivity index (χ1v) is 9.72. The van der Waals surface area contributed by atoms with Crippen LogP contribution in [0.4, 0.5) is 5.69 Å². The molecule has 5 heteroatoms. The molecule has 0 aliphatic carbocycles. The van der Waals surface area contributed by atoms with Gasteiger partial charge < -0.3 is 5.32 Å². The van der Waals surface area contributed by atoms with Crippen molar-refractivity contribution in [1.29, 1.82) is 0 Å². The number of nitrogens with zero attached hydrogens (tertiary/aromatic N) is 1. The number of piperidine rings is 1. The number of likely N-dealkylation sites (tertiary alicyclic amines) is 1. The number of aryl methyl sites for hydroxylation is 1. The van der Waals surface area contributed by atoms with Crippen molar-refractivity contribution in [2.45, 2.75) is 26.3 Å². The van der Waals surface area contributed by atoms with Gasteiger partial charge in [-0.2, -0.15) is 0 Å². The lowest BCUT2D eigenvalue weighted by atomic mass is 9.96. The molecular weight excluding hydrogens is 400 g/mol. The highest BCUT2D eigenvalue weighted by Crippen LogP contribution is 2.26. The third kappa shape index (κ3) is 5.06. The number of halogens is 2. The molecule has 1 amide bonds. The van der Waals surface area contributed by atoms with Crippen LogP contribution in [-0.4, -0.2) is 23.9 Å².